The number of esters is 2. The molecule has 250 valence electrons. The van der Waals surface area contributed by atoms with Crippen LogP contribution in [0.5, 0.6) is 0 Å². The van der Waals surface area contributed by atoms with E-state index < -0.39 is 26.5 Å². The van der Waals surface area contributed by atoms with Gasteiger partial charge in [-0.2, -0.15) is 0 Å². The van der Waals surface area contributed by atoms with Crippen molar-refractivity contribution in [3.8, 4) is 0 Å². The SMILES string of the molecule is CCCCCCCCCCCCCCCC(=O)OCC(COP(=O)(O)OCC[N+](C)(C)C)OC(=O)C(CCC)CCC. The van der Waals surface area contributed by atoms with E-state index in [-0.39, 0.29) is 25.1 Å². The number of nitrogens with zero attached hydrogens (tertiary/aromatic N) is 1. The molecule has 0 saturated carbocycles. The van der Waals surface area contributed by atoms with Crippen LogP contribution in [-0.2, 0) is 32.7 Å². The Morgan fingerprint density at radius 3 is 1.69 bits per heavy atom. The van der Waals surface area contributed by atoms with Crippen LogP contribution in [-0.4, -0.2) is 74.9 Å². The summed E-state index contributed by atoms with van der Waals surface area (Å²) in [4.78, 5) is 35.3. The molecule has 2 unspecified atom stereocenters. The molecule has 0 bridgehead atoms. The zero-order valence-electron chi connectivity index (χ0n) is 27.9. The molecule has 0 aliphatic carbocycles. The number of quaternary nitrogens is 1. The summed E-state index contributed by atoms with van der Waals surface area (Å²) < 4.78 is 34.1. The fraction of sp³-hybridized carbons (Fsp3) is 0.938. The minimum Gasteiger partial charge on any atom is -0.462 e. The van der Waals surface area contributed by atoms with Gasteiger partial charge in [-0.15, -0.1) is 0 Å². The lowest BCUT2D eigenvalue weighted by Crippen LogP contribution is -2.37. The molecule has 0 rings (SSSR count). The molecule has 0 spiro atoms. The first-order chi connectivity index (χ1) is 19.9. The summed E-state index contributed by atoms with van der Waals surface area (Å²) in [5, 5.41) is 0. The van der Waals surface area contributed by atoms with Crippen molar-refractivity contribution in [2.45, 2.75) is 142 Å². The number of unbranched alkanes of at least 4 members (excludes halogenated alkanes) is 12. The number of rotatable bonds is 29. The minimum atomic E-state index is -4.36. The van der Waals surface area contributed by atoms with Gasteiger partial charge in [0.05, 0.1) is 33.7 Å². The van der Waals surface area contributed by atoms with Crippen molar-refractivity contribution in [2.24, 2.45) is 5.92 Å². The second-order valence-corrected chi connectivity index (χ2v) is 14.1. The van der Waals surface area contributed by atoms with Crippen LogP contribution >= 0.6 is 7.82 Å². The van der Waals surface area contributed by atoms with Gasteiger partial charge in [0.1, 0.15) is 19.8 Å². The Bertz CT molecular complexity index is 722. The Kier molecular flexibility index (Phi) is 24.8. The summed E-state index contributed by atoms with van der Waals surface area (Å²) in [6.45, 7) is 6.17. The van der Waals surface area contributed by atoms with Crippen LogP contribution in [0.4, 0.5) is 0 Å². The second-order valence-electron chi connectivity index (χ2n) is 12.6. The van der Waals surface area contributed by atoms with Crippen molar-refractivity contribution >= 4 is 19.8 Å². The number of hydrogen-bond acceptors (Lipinski definition) is 7. The monoisotopic (exact) mass is 622 g/mol. The van der Waals surface area contributed by atoms with Crippen LogP contribution < -0.4 is 0 Å². The van der Waals surface area contributed by atoms with E-state index in [0.717, 1.165) is 32.1 Å². The first-order valence-electron chi connectivity index (χ1n) is 16.7. The van der Waals surface area contributed by atoms with Crippen molar-refractivity contribution < 1.29 is 42.1 Å². The Balaban J connectivity index is 4.51. The Labute approximate surface area is 257 Å². The number of phosphoric acid groups is 1. The Morgan fingerprint density at radius 2 is 1.21 bits per heavy atom. The molecule has 0 aromatic heterocycles. The highest BCUT2D eigenvalue weighted by molar-refractivity contribution is 7.47. The number of hydrogen-bond donors (Lipinski definition) is 1. The van der Waals surface area contributed by atoms with Crippen LogP contribution in [0.15, 0.2) is 0 Å². The van der Waals surface area contributed by atoms with Crippen molar-refractivity contribution in [1.82, 2.24) is 0 Å². The topological polar surface area (TPSA) is 108 Å². The zero-order valence-corrected chi connectivity index (χ0v) is 28.8. The number of phosphoric ester groups is 1. The van der Waals surface area contributed by atoms with E-state index >= 15 is 0 Å². The molecule has 0 aliphatic heterocycles. The zero-order chi connectivity index (χ0) is 31.7. The molecule has 0 heterocycles. The molecule has 0 aromatic rings. The quantitative estimate of drug-likeness (QED) is 0.0387. The van der Waals surface area contributed by atoms with Gasteiger partial charge in [-0.25, -0.2) is 4.57 Å². The van der Waals surface area contributed by atoms with Gasteiger partial charge in [0.2, 0.25) is 0 Å². The summed E-state index contributed by atoms with van der Waals surface area (Å²) in [5.74, 6) is -1.05. The van der Waals surface area contributed by atoms with E-state index in [0.29, 0.717) is 30.3 Å². The van der Waals surface area contributed by atoms with Crippen molar-refractivity contribution in [3.05, 3.63) is 0 Å². The average Bonchev–Trinajstić information content (AvgIpc) is 2.91. The Morgan fingerprint density at radius 1 is 0.714 bits per heavy atom. The lowest BCUT2D eigenvalue weighted by atomic mass is 9.98. The highest BCUT2D eigenvalue weighted by Crippen LogP contribution is 2.43. The summed E-state index contributed by atoms with van der Waals surface area (Å²) in [6.07, 6.45) is 18.3. The maximum absolute atomic E-state index is 12.8. The fourth-order valence-corrected chi connectivity index (χ4v) is 5.38. The maximum atomic E-state index is 12.8. The predicted octanol–water partition coefficient (Wildman–Crippen LogP) is 7.98. The first-order valence-corrected chi connectivity index (χ1v) is 18.2. The van der Waals surface area contributed by atoms with Crippen molar-refractivity contribution in [3.63, 3.8) is 0 Å². The highest BCUT2D eigenvalue weighted by atomic mass is 31.2. The van der Waals surface area contributed by atoms with Gasteiger partial charge in [0.15, 0.2) is 6.10 Å². The molecule has 10 heteroatoms. The number of ether oxygens (including phenoxy) is 2. The van der Waals surface area contributed by atoms with Crippen LogP contribution in [0.2, 0.25) is 0 Å². The fourth-order valence-electron chi connectivity index (χ4n) is 4.64. The van der Waals surface area contributed by atoms with E-state index in [4.69, 9.17) is 18.5 Å². The smallest absolute Gasteiger partial charge is 0.462 e. The van der Waals surface area contributed by atoms with Crippen LogP contribution in [0.25, 0.3) is 0 Å². The second kappa shape index (κ2) is 25.3. The standard InChI is InChI=1S/C32H64NO8P/c1-7-10-11-12-13-14-15-16-17-18-19-20-21-24-31(34)38-27-30(41-32(35)29(22-8-2)23-9-3)28-40-42(36,37)39-26-25-33(4,5)6/h29-30H,7-28H2,1-6H3/p+1. The molecular formula is C32H65NO8P+. The molecule has 0 fully saturated rings. The first kappa shape index (κ1) is 41.0. The highest BCUT2D eigenvalue weighted by Gasteiger charge is 2.28. The van der Waals surface area contributed by atoms with Gasteiger partial charge in [0, 0.05) is 6.42 Å². The number of carbonyl (C=O) groups excluding carboxylic acids is 2. The lowest BCUT2D eigenvalue weighted by Gasteiger charge is -2.25. The molecule has 2 atom stereocenters. The van der Waals surface area contributed by atoms with Gasteiger partial charge in [-0.3, -0.25) is 18.6 Å². The summed E-state index contributed by atoms with van der Waals surface area (Å²) >= 11 is 0. The van der Waals surface area contributed by atoms with Crippen LogP contribution in [0.3, 0.4) is 0 Å². The van der Waals surface area contributed by atoms with Gasteiger partial charge in [-0.1, -0.05) is 111 Å². The van der Waals surface area contributed by atoms with E-state index in [1.54, 1.807) is 0 Å². The number of likely N-dealkylation sites (N-methyl/N-ethyl adjacent to an activating group) is 1. The van der Waals surface area contributed by atoms with E-state index in [1.165, 1.54) is 64.2 Å². The molecule has 0 amide bonds. The summed E-state index contributed by atoms with van der Waals surface area (Å²) in [7, 11) is 1.47. The molecule has 1 N–H and O–H groups in total. The van der Waals surface area contributed by atoms with Crippen molar-refractivity contribution in [1.29, 1.82) is 0 Å². The third-order valence-corrected chi connectivity index (χ3v) is 8.23. The normalized spacial score (nSPS) is 14.1. The van der Waals surface area contributed by atoms with E-state index in [9.17, 15) is 19.0 Å². The molecular weight excluding hydrogens is 557 g/mol. The molecule has 0 saturated heterocycles. The molecule has 42 heavy (non-hydrogen) atoms. The number of carbonyl (C=O) groups is 2. The molecule has 9 nitrogen and oxygen atoms in total. The van der Waals surface area contributed by atoms with E-state index in [1.807, 2.05) is 35.0 Å². The third kappa shape index (κ3) is 25.5. The summed E-state index contributed by atoms with van der Waals surface area (Å²) in [6, 6.07) is 0. The van der Waals surface area contributed by atoms with Crippen LogP contribution in [0, 0.1) is 5.92 Å². The molecule has 0 radical (unpaired) electrons. The molecule has 0 aliphatic rings. The lowest BCUT2D eigenvalue weighted by molar-refractivity contribution is -0.870. The third-order valence-electron chi connectivity index (χ3n) is 7.25. The van der Waals surface area contributed by atoms with Gasteiger partial charge in [0.25, 0.3) is 0 Å². The maximum Gasteiger partial charge on any atom is 0.472 e. The average molecular weight is 623 g/mol. The van der Waals surface area contributed by atoms with Crippen molar-refractivity contribution in [2.75, 3.05) is 47.5 Å². The molecule has 0 aromatic carbocycles. The largest absolute Gasteiger partial charge is 0.472 e. The van der Waals surface area contributed by atoms with Crippen LogP contribution in [0.1, 0.15) is 136 Å². The predicted molar refractivity (Wildman–Crippen MR) is 169 cm³/mol. The van der Waals surface area contributed by atoms with Gasteiger partial charge < -0.3 is 18.9 Å². The minimum absolute atomic E-state index is 0.0327. The van der Waals surface area contributed by atoms with Gasteiger partial charge >= 0.3 is 19.8 Å². The Hall–Kier alpha value is -0.990. The van der Waals surface area contributed by atoms with E-state index in [2.05, 4.69) is 6.92 Å². The van der Waals surface area contributed by atoms with Gasteiger partial charge in [-0.05, 0) is 19.3 Å². The summed E-state index contributed by atoms with van der Waals surface area (Å²) in [5.41, 5.74) is 0.